The summed E-state index contributed by atoms with van der Waals surface area (Å²) in [5, 5.41) is 7.28. The van der Waals surface area contributed by atoms with Crippen LogP contribution in [0.2, 0.25) is 0 Å². The van der Waals surface area contributed by atoms with Gasteiger partial charge in [-0.15, -0.1) is 0 Å². The van der Waals surface area contributed by atoms with E-state index in [-0.39, 0.29) is 12.3 Å². The molecular weight excluding hydrogens is 376 g/mol. The number of benzene rings is 2. The van der Waals surface area contributed by atoms with E-state index in [0.29, 0.717) is 29.7 Å². The van der Waals surface area contributed by atoms with Crippen molar-refractivity contribution in [2.45, 2.75) is 33.2 Å². The van der Waals surface area contributed by atoms with Gasteiger partial charge in [0, 0.05) is 11.6 Å². The van der Waals surface area contributed by atoms with Crippen molar-refractivity contribution in [3.63, 3.8) is 0 Å². The molecular formula is C24H24N4O2. The second-order valence-corrected chi connectivity index (χ2v) is 7.16. The first kappa shape index (κ1) is 19.6. The Balaban J connectivity index is 1.43. The maximum Gasteiger partial charge on any atom is 0.231 e. The topological polar surface area (TPSA) is 73.0 Å². The van der Waals surface area contributed by atoms with Crippen LogP contribution in [-0.4, -0.2) is 20.7 Å². The van der Waals surface area contributed by atoms with E-state index in [1.165, 1.54) is 5.56 Å². The highest BCUT2D eigenvalue weighted by Crippen LogP contribution is 2.22. The summed E-state index contributed by atoms with van der Waals surface area (Å²) in [6, 6.07) is 19.9. The first-order valence-corrected chi connectivity index (χ1v) is 10.0. The van der Waals surface area contributed by atoms with E-state index in [1.807, 2.05) is 37.3 Å². The summed E-state index contributed by atoms with van der Waals surface area (Å²) in [6.07, 6.45) is 2.83. The van der Waals surface area contributed by atoms with Gasteiger partial charge >= 0.3 is 0 Å². The summed E-state index contributed by atoms with van der Waals surface area (Å²) < 4.78 is 7.53. The second kappa shape index (κ2) is 8.78. The number of nitrogens with zero attached hydrogens (tertiary/aromatic N) is 3. The Kier molecular flexibility index (Phi) is 5.75. The monoisotopic (exact) mass is 400 g/mol. The van der Waals surface area contributed by atoms with Crippen LogP contribution in [0.25, 0.3) is 11.5 Å². The molecule has 0 aliphatic carbocycles. The van der Waals surface area contributed by atoms with Crippen molar-refractivity contribution in [3.8, 4) is 11.5 Å². The van der Waals surface area contributed by atoms with Crippen LogP contribution in [0, 0.1) is 6.92 Å². The van der Waals surface area contributed by atoms with E-state index in [4.69, 9.17) is 4.42 Å². The number of oxazole rings is 1. The zero-order chi connectivity index (χ0) is 20.9. The lowest BCUT2D eigenvalue weighted by molar-refractivity contribution is -0.115. The van der Waals surface area contributed by atoms with Gasteiger partial charge in [0.15, 0.2) is 0 Å². The SMILES string of the molecule is CCc1ccc(Cn2nccc2NC(=O)Cc2nc(-c3ccccc3)oc2C)cc1. The van der Waals surface area contributed by atoms with Gasteiger partial charge in [-0.25, -0.2) is 9.67 Å². The predicted molar refractivity (Wildman–Crippen MR) is 116 cm³/mol. The maximum absolute atomic E-state index is 12.6. The molecule has 2 heterocycles. The maximum atomic E-state index is 12.6. The molecule has 1 amide bonds. The molecule has 0 atom stereocenters. The van der Waals surface area contributed by atoms with Gasteiger partial charge in [-0.2, -0.15) is 5.10 Å². The van der Waals surface area contributed by atoms with Crippen LogP contribution >= 0.6 is 0 Å². The average molecular weight is 400 g/mol. The molecule has 6 heteroatoms. The molecule has 4 aromatic rings. The highest BCUT2D eigenvalue weighted by molar-refractivity contribution is 5.91. The molecule has 0 aliphatic heterocycles. The summed E-state index contributed by atoms with van der Waals surface area (Å²) in [6.45, 7) is 4.55. The molecule has 0 spiro atoms. The third-order valence-corrected chi connectivity index (χ3v) is 4.99. The fourth-order valence-electron chi connectivity index (χ4n) is 3.25. The Hall–Kier alpha value is -3.67. The molecule has 6 nitrogen and oxygen atoms in total. The average Bonchev–Trinajstić information content (AvgIpc) is 3.35. The summed E-state index contributed by atoms with van der Waals surface area (Å²) in [5.41, 5.74) is 3.95. The van der Waals surface area contributed by atoms with E-state index in [0.717, 1.165) is 17.5 Å². The fourth-order valence-corrected chi connectivity index (χ4v) is 3.25. The number of carbonyl (C=O) groups is 1. The number of anilines is 1. The number of nitrogens with one attached hydrogen (secondary N) is 1. The van der Waals surface area contributed by atoms with Crippen molar-refractivity contribution in [3.05, 3.63) is 89.4 Å². The van der Waals surface area contributed by atoms with Gasteiger partial charge in [0.1, 0.15) is 11.6 Å². The minimum Gasteiger partial charge on any atom is -0.441 e. The Bertz CT molecular complexity index is 1130. The van der Waals surface area contributed by atoms with Crippen molar-refractivity contribution in [1.29, 1.82) is 0 Å². The van der Waals surface area contributed by atoms with E-state index >= 15 is 0 Å². The van der Waals surface area contributed by atoms with Gasteiger partial charge < -0.3 is 9.73 Å². The molecule has 4 rings (SSSR count). The van der Waals surface area contributed by atoms with Gasteiger partial charge in [-0.3, -0.25) is 4.79 Å². The number of rotatable bonds is 7. The van der Waals surface area contributed by atoms with E-state index < -0.39 is 0 Å². The summed E-state index contributed by atoms with van der Waals surface area (Å²) in [5.74, 6) is 1.67. The first-order chi connectivity index (χ1) is 14.6. The van der Waals surface area contributed by atoms with Gasteiger partial charge in [0.05, 0.1) is 24.9 Å². The lowest BCUT2D eigenvalue weighted by Gasteiger charge is -2.09. The van der Waals surface area contributed by atoms with Crippen molar-refractivity contribution in [2.75, 3.05) is 5.32 Å². The zero-order valence-corrected chi connectivity index (χ0v) is 17.1. The number of amides is 1. The van der Waals surface area contributed by atoms with Gasteiger partial charge in [0.2, 0.25) is 11.8 Å². The zero-order valence-electron chi connectivity index (χ0n) is 17.1. The van der Waals surface area contributed by atoms with Crippen molar-refractivity contribution < 1.29 is 9.21 Å². The lowest BCUT2D eigenvalue weighted by atomic mass is 10.1. The van der Waals surface area contributed by atoms with Crippen molar-refractivity contribution in [2.24, 2.45) is 0 Å². The molecule has 0 saturated heterocycles. The van der Waals surface area contributed by atoms with Crippen LogP contribution in [0.5, 0.6) is 0 Å². The largest absolute Gasteiger partial charge is 0.441 e. The third kappa shape index (κ3) is 4.49. The number of hydrogen-bond donors (Lipinski definition) is 1. The Morgan fingerprint density at radius 1 is 1.03 bits per heavy atom. The molecule has 1 N–H and O–H groups in total. The van der Waals surface area contributed by atoms with Crippen LogP contribution in [0.4, 0.5) is 5.82 Å². The highest BCUT2D eigenvalue weighted by Gasteiger charge is 2.16. The Morgan fingerprint density at radius 3 is 2.50 bits per heavy atom. The minimum absolute atomic E-state index is 0.137. The summed E-state index contributed by atoms with van der Waals surface area (Å²) in [7, 11) is 0. The van der Waals surface area contributed by atoms with E-state index in [1.54, 1.807) is 16.9 Å². The van der Waals surface area contributed by atoms with Crippen molar-refractivity contribution >= 4 is 11.7 Å². The Morgan fingerprint density at radius 2 is 1.77 bits per heavy atom. The minimum atomic E-state index is -0.158. The molecule has 0 bridgehead atoms. The Labute approximate surface area is 175 Å². The van der Waals surface area contributed by atoms with Crippen LogP contribution < -0.4 is 5.32 Å². The summed E-state index contributed by atoms with van der Waals surface area (Å²) >= 11 is 0. The van der Waals surface area contributed by atoms with Gasteiger partial charge in [0.25, 0.3) is 0 Å². The number of aryl methyl sites for hydroxylation is 2. The summed E-state index contributed by atoms with van der Waals surface area (Å²) in [4.78, 5) is 17.1. The molecule has 0 aliphatic rings. The van der Waals surface area contributed by atoms with Crippen LogP contribution in [0.3, 0.4) is 0 Å². The molecule has 152 valence electrons. The van der Waals surface area contributed by atoms with E-state index in [2.05, 4.69) is 46.6 Å². The van der Waals surface area contributed by atoms with Crippen LogP contribution in [0.15, 0.2) is 71.3 Å². The standard InChI is InChI=1S/C24H24N4O2/c1-3-18-9-11-19(12-10-18)16-28-22(13-14-25-28)27-23(29)15-21-17(2)30-24(26-21)20-7-5-4-6-8-20/h4-14H,3,15-16H2,1-2H3,(H,27,29). The lowest BCUT2D eigenvalue weighted by Crippen LogP contribution is -2.18. The molecule has 0 fully saturated rings. The second-order valence-electron chi connectivity index (χ2n) is 7.16. The van der Waals surface area contributed by atoms with Gasteiger partial charge in [-0.1, -0.05) is 49.4 Å². The number of carbonyl (C=O) groups excluding carboxylic acids is 1. The van der Waals surface area contributed by atoms with Crippen molar-refractivity contribution in [1.82, 2.24) is 14.8 Å². The number of hydrogen-bond acceptors (Lipinski definition) is 4. The van der Waals surface area contributed by atoms with E-state index in [9.17, 15) is 4.79 Å². The molecule has 30 heavy (non-hydrogen) atoms. The molecule has 0 saturated carbocycles. The third-order valence-electron chi connectivity index (χ3n) is 4.99. The quantitative estimate of drug-likeness (QED) is 0.491. The van der Waals surface area contributed by atoms with Crippen LogP contribution in [0.1, 0.15) is 29.5 Å². The van der Waals surface area contributed by atoms with Gasteiger partial charge in [-0.05, 0) is 36.6 Å². The number of aromatic nitrogens is 3. The predicted octanol–water partition coefficient (Wildman–Crippen LogP) is 4.64. The smallest absolute Gasteiger partial charge is 0.231 e. The fraction of sp³-hybridized carbons (Fsp3) is 0.208. The first-order valence-electron chi connectivity index (χ1n) is 10.0. The molecule has 0 radical (unpaired) electrons. The molecule has 0 unspecified atom stereocenters. The highest BCUT2D eigenvalue weighted by atomic mass is 16.4. The van der Waals surface area contributed by atoms with Crippen LogP contribution in [-0.2, 0) is 24.2 Å². The normalized spacial score (nSPS) is 10.9. The molecule has 2 aromatic carbocycles. The molecule has 2 aromatic heterocycles.